The van der Waals surface area contributed by atoms with Crippen LogP contribution in [0.3, 0.4) is 0 Å². The van der Waals surface area contributed by atoms with Gasteiger partial charge < -0.3 is 10.8 Å². The van der Waals surface area contributed by atoms with Gasteiger partial charge in [-0.1, -0.05) is 0 Å². The van der Waals surface area contributed by atoms with E-state index < -0.39 is 23.8 Å². The van der Waals surface area contributed by atoms with Gasteiger partial charge in [0.1, 0.15) is 6.04 Å². The van der Waals surface area contributed by atoms with Gasteiger partial charge in [0.25, 0.3) is 0 Å². The number of hydrogen-bond acceptors (Lipinski definition) is 2. The van der Waals surface area contributed by atoms with Crippen LogP contribution in [0.1, 0.15) is 11.1 Å². The van der Waals surface area contributed by atoms with Crippen LogP contribution in [0.15, 0.2) is 18.2 Å². The largest absolute Gasteiger partial charge is 0.480 e. The van der Waals surface area contributed by atoms with Gasteiger partial charge in [-0.15, -0.1) is 0 Å². The number of rotatable bonds is 3. The molecule has 0 spiro atoms. The molecule has 3 N–H and O–H groups in total. The summed E-state index contributed by atoms with van der Waals surface area (Å²) in [5.41, 5.74) is 4.74. The highest BCUT2D eigenvalue weighted by Gasteiger charge is 2.31. The maximum atomic E-state index is 12.5. The summed E-state index contributed by atoms with van der Waals surface area (Å²) < 4.78 is 37.9. The van der Waals surface area contributed by atoms with Gasteiger partial charge in [0.15, 0.2) is 0 Å². The number of nitrogens with two attached hydrogens (primary N) is 1. The highest BCUT2D eigenvalue weighted by Crippen LogP contribution is 2.31. The molecule has 0 saturated carbocycles. The highest BCUT2D eigenvalue weighted by molar-refractivity contribution is 14.1. The number of hydrogen-bond donors (Lipinski definition) is 2. The number of carboxylic acid groups (broad SMARTS) is 1. The Bertz CT molecular complexity index is 434. The van der Waals surface area contributed by atoms with Crippen molar-refractivity contribution < 1.29 is 23.1 Å². The van der Waals surface area contributed by atoms with Crippen molar-refractivity contribution in [3.63, 3.8) is 0 Å². The van der Waals surface area contributed by atoms with Crippen LogP contribution in [0, 0.1) is 3.57 Å². The molecule has 0 aromatic heterocycles. The Morgan fingerprint density at radius 3 is 2.47 bits per heavy atom. The van der Waals surface area contributed by atoms with Crippen molar-refractivity contribution in [2.75, 3.05) is 0 Å². The van der Waals surface area contributed by atoms with Gasteiger partial charge in [-0.3, -0.25) is 4.79 Å². The zero-order valence-electron chi connectivity index (χ0n) is 8.46. The van der Waals surface area contributed by atoms with Crippen molar-refractivity contribution in [2.45, 2.75) is 18.6 Å². The summed E-state index contributed by atoms with van der Waals surface area (Å²) in [5.74, 6) is -1.24. The number of aliphatic carboxylic acids is 1. The fourth-order valence-corrected chi connectivity index (χ4v) is 2.01. The van der Waals surface area contributed by atoms with E-state index >= 15 is 0 Å². The predicted molar refractivity (Wildman–Crippen MR) is 63.5 cm³/mol. The van der Waals surface area contributed by atoms with Crippen molar-refractivity contribution in [3.8, 4) is 0 Å². The van der Waals surface area contributed by atoms with Gasteiger partial charge in [0, 0.05) is 3.57 Å². The molecule has 7 heteroatoms. The second-order valence-electron chi connectivity index (χ2n) is 3.49. The van der Waals surface area contributed by atoms with E-state index in [1.807, 2.05) is 0 Å². The number of alkyl halides is 3. The van der Waals surface area contributed by atoms with Crippen LogP contribution in [0.25, 0.3) is 0 Å². The van der Waals surface area contributed by atoms with Crippen LogP contribution < -0.4 is 5.73 Å². The Morgan fingerprint density at radius 2 is 2.00 bits per heavy atom. The molecule has 1 rings (SSSR count). The van der Waals surface area contributed by atoms with E-state index in [9.17, 15) is 18.0 Å². The van der Waals surface area contributed by atoms with Crippen molar-refractivity contribution in [2.24, 2.45) is 5.73 Å². The smallest absolute Gasteiger partial charge is 0.416 e. The SMILES string of the molecule is N[C@@H](Cc1cc(I)cc(C(F)(F)F)c1)C(=O)O. The van der Waals surface area contributed by atoms with E-state index in [1.54, 1.807) is 22.6 Å². The average molecular weight is 359 g/mol. The summed E-state index contributed by atoms with van der Waals surface area (Å²) in [6.07, 6.45) is -4.57. The molecular formula is C10H9F3INO2. The van der Waals surface area contributed by atoms with Crippen LogP contribution in [0.5, 0.6) is 0 Å². The molecule has 0 saturated heterocycles. The summed E-state index contributed by atoms with van der Waals surface area (Å²) >= 11 is 1.75. The summed E-state index contributed by atoms with van der Waals surface area (Å²) in [5, 5.41) is 8.59. The molecule has 0 aliphatic rings. The van der Waals surface area contributed by atoms with Gasteiger partial charge in [-0.25, -0.2) is 0 Å². The molecule has 0 bridgehead atoms. The fraction of sp³-hybridized carbons (Fsp3) is 0.300. The first-order chi connectivity index (χ1) is 7.70. The molecule has 3 nitrogen and oxygen atoms in total. The first kappa shape index (κ1) is 14.2. The average Bonchev–Trinajstić information content (AvgIpc) is 2.15. The first-order valence-electron chi connectivity index (χ1n) is 4.55. The van der Waals surface area contributed by atoms with Crippen molar-refractivity contribution in [1.29, 1.82) is 0 Å². The topological polar surface area (TPSA) is 63.3 Å². The maximum Gasteiger partial charge on any atom is 0.416 e. The molecule has 0 radical (unpaired) electrons. The predicted octanol–water partition coefficient (Wildman–Crippen LogP) is 2.26. The molecule has 0 aliphatic carbocycles. The Labute approximate surface area is 109 Å². The molecule has 0 amide bonds. The van der Waals surface area contributed by atoms with Gasteiger partial charge in [0.05, 0.1) is 5.56 Å². The summed E-state index contributed by atoms with van der Waals surface area (Å²) in [6, 6.07) is 2.20. The van der Waals surface area contributed by atoms with Gasteiger partial charge in [-0.2, -0.15) is 13.2 Å². The summed E-state index contributed by atoms with van der Waals surface area (Å²) in [4.78, 5) is 10.5. The van der Waals surface area contributed by atoms with Crippen LogP contribution in [0.2, 0.25) is 0 Å². The molecule has 0 heterocycles. The zero-order valence-corrected chi connectivity index (χ0v) is 10.6. The number of carbonyl (C=O) groups is 1. The van der Waals surface area contributed by atoms with Crippen LogP contribution in [0.4, 0.5) is 13.2 Å². The van der Waals surface area contributed by atoms with E-state index in [-0.39, 0.29) is 12.0 Å². The standard InChI is InChI=1S/C10H9F3INO2/c11-10(12,13)6-1-5(2-7(14)4-6)3-8(15)9(16)17/h1-2,4,8H,3,15H2,(H,16,17)/t8-/m0/s1. The zero-order chi connectivity index (χ0) is 13.2. The minimum Gasteiger partial charge on any atom is -0.480 e. The maximum absolute atomic E-state index is 12.5. The van der Waals surface area contributed by atoms with E-state index in [0.717, 1.165) is 12.1 Å². The fourth-order valence-electron chi connectivity index (χ4n) is 1.27. The second-order valence-corrected chi connectivity index (χ2v) is 4.74. The van der Waals surface area contributed by atoms with Crippen molar-refractivity contribution in [3.05, 3.63) is 32.9 Å². The minimum atomic E-state index is -4.44. The van der Waals surface area contributed by atoms with E-state index in [2.05, 4.69) is 0 Å². The van der Waals surface area contributed by atoms with Crippen molar-refractivity contribution in [1.82, 2.24) is 0 Å². The lowest BCUT2D eigenvalue weighted by atomic mass is 10.0. The van der Waals surface area contributed by atoms with E-state index in [0.29, 0.717) is 3.57 Å². The number of benzene rings is 1. The Kier molecular flexibility index (Phi) is 4.36. The molecule has 1 aromatic rings. The monoisotopic (exact) mass is 359 g/mol. The van der Waals surface area contributed by atoms with Gasteiger partial charge in [0.2, 0.25) is 0 Å². The summed E-state index contributed by atoms with van der Waals surface area (Å²) in [7, 11) is 0. The Balaban J connectivity index is 3.02. The lowest BCUT2D eigenvalue weighted by Gasteiger charge is -2.11. The second kappa shape index (κ2) is 5.21. The lowest BCUT2D eigenvalue weighted by Crippen LogP contribution is -2.32. The minimum absolute atomic E-state index is 0.130. The van der Waals surface area contributed by atoms with E-state index in [4.69, 9.17) is 10.8 Å². The third-order valence-electron chi connectivity index (χ3n) is 2.06. The number of carboxylic acids is 1. The normalized spacial score (nSPS) is 13.5. The first-order valence-corrected chi connectivity index (χ1v) is 5.63. The molecular weight excluding hydrogens is 350 g/mol. The molecule has 0 fully saturated rings. The van der Waals surface area contributed by atoms with Crippen LogP contribution in [-0.4, -0.2) is 17.1 Å². The third kappa shape index (κ3) is 4.15. The number of halogens is 4. The molecule has 1 aromatic carbocycles. The molecule has 0 unspecified atom stereocenters. The molecule has 17 heavy (non-hydrogen) atoms. The quantitative estimate of drug-likeness (QED) is 0.814. The Hall–Kier alpha value is -0.830. The summed E-state index contributed by atoms with van der Waals surface area (Å²) in [6.45, 7) is 0. The van der Waals surface area contributed by atoms with Crippen molar-refractivity contribution >= 4 is 28.6 Å². The molecule has 0 aliphatic heterocycles. The molecule has 94 valence electrons. The lowest BCUT2D eigenvalue weighted by molar-refractivity contribution is -0.138. The van der Waals surface area contributed by atoms with Crippen LogP contribution >= 0.6 is 22.6 Å². The van der Waals surface area contributed by atoms with Gasteiger partial charge >= 0.3 is 12.1 Å². The Morgan fingerprint density at radius 1 is 1.41 bits per heavy atom. The highest BCUT2D eigenvalue weighted by atomic mass is 127. The third-order valence-corrected chi connectivity index (χ3v) is 2.68. The molecule has 1 atom stereocenters. The van der Waals surface area contributed by atoms with E-state index in [1.165, 1.54) is 6.07 Å². The van der Waals surface area contributed by atoms with Gasteiger partial charge in [-0.05, 0) is 52.8 Å². The van der Waals surface area contributed by atoms with Crippen LogP contribution in [-0.2, 0) is 17.4 Å².